The van der Waals surface area contributed by atoms with Gasteiger partial charge < -0.3 is 18.1 Å². The molecule has 2 aromatic carbocycles. The van der Waals surface area contributed by atoms with E-state index in [1.807, 2.05) is 60.7 Å². The maximum Gasteiger partial charge on any atom is 0.185 e. The van der Waals surface area contributed by atoms with E-state index < -0.39 is 0 Å². The molecule has 92 valence electrons. The first kappa shape index (κ1) is 14.2. The van der Waals surface area contributed by atoms with E-state index >= 15 is 0 Å². The van der Waals surface area contributed by atoms with Crippen molar-refractivity contribution in [2.24, 2.45) is 0 Å². The number of quaternary nitrogens is 1. The lowest BCUT2D eigenvalue weighted by atomic mass is 10.1. The van der Waals surface area contributed by atoms with Gasteiger partial charge in [-0.05, 0) is 17.7 Å². The van der Waals surface area contributed by atoms with Crippen LogP contribution in [-0.4, -0.2) is 5.78 Å². The third-order valence-electron chi connectivity index (χ3n) is 2.44. The van der Waals surface area contributed by atoms with Crippen LogP contribution in [0.2, 0.25) is 0 Å². The van der Waals surface area contributed by atoms with Crippen LogP contribution in [-0.2, 0) is 0 Å². The summed E-state index contributed by atoms with van der Waals surface area (Å²) in [5.41, 5.74) is 6.48. The fourth-order valence-electron chi connectivity index (χ4n) is 1.57. The van der Waals surface area contributed by atoms with E-state index in [0.29, 0.717) is 5.56 Å². The number of rotatable bonds is 3. The maximum absolute atomic E-state index is 11.8. The van der Waals surface area contributed by atoms with Gasteiger partial charge in [-0.25, -0.2) is 0 Å². The zero-order valence-electron chi connectivity index (χ0n) is 9.84. The molecule has 0 aromatic heterocycles. The van der Waals surface area contributed by atoms with Gasteiger partial charge in [0.1, 0.15) is 5.69 Å². The molecule has 0 bridgehead atoms. The molecule has 0 radical (unpaired) electrons. The van der Waals surface area contributed by atoms with Crippen LogP contribution >= 0.6 is 0 Å². The third-order valence-corrected chi connectivity index (χ3v) is 2.44. The van der Waals surface area contributed by atoms with Gasteiger partial charge in [0.15, 0.2) is 5.78 Å². The minimum atomic E-state index is 0. The number of carbonyl (C=O) groups is 1. The fraction of sp³-hybridized carbons (Fsp3) is 0. The summed E-state index contributed by atoms with van der Waals surface area (Å²) < 4.78 is 0. The lowest BCUT2D eigenvalue weighted by molar-refractivity contribution is -0.254. The van der Waals surface area contributed by atoms with Crippen LogP contribution < -0.4 is 18.1 Å². The Bertz CT molecular complexity index is 549. The number of carbonyl (C=O) groups excluding carboxylic acids is 1. The fourth-order valence-corrected chi connectivity index (χ4v) is 1.57. The average molecular weight is 260 g/mol. The molecule has 0 amide bonds. The molecular formula is C15H14ClNO. The number of halogens is 1. The Morgan fingerprint density at radius 1 is 1.00 bits per heavy atom. The second-order valence-corrected chi connectivity index (χ2v) is 3.81. The van der Waals surface area contributed by atoms with Crippen molar-refractivity contribution in [2.45, 2.75) is 0 Å². The number of allylic oxidation sites excluding steroid dienone is 1. The van der Waals surface area contributed by atoms with Crippen LogP contribution in [0.15, 0.2) is 60.7 Å². The largest absolute Gasteiger partial charge is 1.00 e. The van der Waals surface area contributed by atoms with Gasteiger partial charge in [0.2, 0.25) is 0 Å². The Morgan fingerprint density at radius 3 is 2.39 bits per heavy atom. The van der Waals surface area contributed by atoms with E-state index in [4.69, 9.17) is 0 Å². The van der Waals surface area contributed by atoms with E-state index in [1.165, 1.54) is 0 Å². The highest BCUT2D eigenvalue weighted by molar-refractivity contribution is 6.06. The van der Waals surface area contributed by atoms with E-state index in [0.717, 1.165) is 11.3 Å². The second-order valence-electron chi connectivity index (χ2n) is 3.81. The van der Waals surface area contributed by atoms with Crippen LogP contribution in [0.4, 0.5) is 5.69 Å². The highest BCUT2D eigenvalue weighted by atomic mass is 35.5. The topological polar surface area (TPSA) is 44.7 Å². The molecule has 3 heteroatoms. The molecule has 0 saturated carbocycles. The molecule has 0 aliphatic rings. The first-order chi connectivity index (χ1) is 8.25. The Balaban J connectivity index is 0.00000162. The molecule has 2 aromatic rings. The standard InChI is InChI=1S/C15H13NO.ClH/c16-14-8-4-5-12(11-14)9-10-15(17)13-6-2-1-3-7-13;/h1-11H,16H2;1H. The molecule has 0 heterocycles. The maximum atomic E-state index is 11.8. The van der Waals surface area contributed by atoms with Crippen molar-refractivity contribution < 1.29 is 22.9 Å². The van der Waals surface area contributed by atoms with Crippen LogP contribution in [0.3, 0.4) is 0 Å². The molecule has 0 aliphatic carbocycles. The molecule has 2 rings (SSSR count). The number of hydrogen-bond acceptors (Lipinski definition) is 1. The smallest absolute Gasteiger partial charge is 0.185 e. The average Bonchev–Trinajstić information content (AvgIpc) is 2.37. The third kappa shape index (κ3) is 3.84. The van der Waals surface area contributed by atoms with Gasteiger partial charge in [-0.3, -0.25) is 4.79 Å². The summed E-state index contributed by atoms with van der Waals surface area (Å²) in [6.07, 6.45) is 3.40. The van der Waals surface area contributed by atoms with Crippen LogP contribution in [0.25, 0.3) is 6.08 Å². The van der Waals surface area contributed by atoms with E-state index in [2.05, 4.69) is 5.73 Å². The Hall–Kier alpha value is -1.90. The summed E-state index contributed by atoms with van der Waals surface area (Å²) in [4.78, 5) is 11.8. The number of hydrogen-bond donors (Lipinski definition) is 1. The van der Waals surface area contributed by atoms with Crippen molar-refractivity contribution >= 4 is 17.5 Å². The minimum Gasteiger partial charge on any atom is -1.00 e. The van der Waals surface area contributed by atoms with Crippen LogP contribution in [0, 0.1) is 0 Å². The molecule has 2 nitrogen and oxygen atoms in total. The van der Waals surface area contributed by atoms with Gasteiger partial charge in [0, 0.05) is 11.6 Å². The predicted molar refractivity (Wildman–Crippen MR) is 68.8 cm³/mol. The summed E-state index contributed by atoms with van der Waals surface area (Å²) in [6.45, 7) is 0. The molecule has 3 N–H and O–H groups in total. The van der Waals surface area contributed by atoms with Crippen molar-refractivity contribution in [3.63, 3.8) is 0 Å². The summed E-state index contributed by atoms with van der Waals surface area (Å²) in [5, 5.41) is 0. The quantitative estimate of drug-likeness (QED) is 0.584. The summed E-state index contributed by atoms with van der Waals surface area (Å²) >= 11 is 0. The first-order valence-electron chi connectivity index (χ1n) is 5.45. The molecule has 0 atom stereocenters. The Morgan fingerprint density at radius 2 is 1.72 bits per heavy atom. The van der Waals surface area contributed by atoms with Crippen LogP contribution in [0.5, 0.6) is 0 Å². The number of ketones is 1. The normalized spacial score (nSPS) is 10.1. The van der Waals surface area contributed by atoms with E-state index in [1.54, 1.807) is 6.08 Å². The monoisotopic (exact) mass is 259 g/mol. The molecule has 0 unspecified atom stereocenters. The van der Waals surface area contributed by atoms with Gasteiger partial charge in [-0.1, -0.05) is 48.5 Å². The molecule has 18 heavy (non-hydrogen) atoms. The molecule has 0 aliphatic heterocycles. The lowest BCUT2D eigenvalue weighted by Gasteiger charge is -1.95. The van der Waals surface area contributed by atoms with Gasteiger partial charge in [-0.15, -0.1) is 0 Å². The van der Waals surface area contributed by atoms with Gasteiger partial charge >= 0.3 is 0 Å². The van der Waals surface area contributed by atoms with Crippen molar-refractivity contribution in [3.8, 4) is 0 Å². The zero-order chi connectivity index (χ0) is 12.1. The SMILES string of the molecule is [Cl-].[NH3+]c1cccc(C=CC(=O)c2ccccc2)c1. The van der Waals surface area contributed by atoms with Crippen molar-refractivity contribution in [3.05, 3.63) is 71.8 Å². The molecule has 0 fully saturated rings. The zero-order valence-corrected chi connectivity index (χ0v) is 10.6. The summed E-state index contributed by atoms with van der Waals surface area (Å²) in [5.74, 6) is 0.0139. The molecule has 0 saturated heterocycles. The molecule has 0 spiro atoms. The minimum absolute atomic E-state index is 0. The Labute approximate surface area is 113 Å². The van der Waals surface area contributed by atoms with Crippen molar-refractivity contribution in [2.75, 3.05) is 0 Å². The van der Waals surface area contributed by atoms with Crippen molar-refractivity contribution in [1.82, 2.24) is 0 Å². The first-order valence-corrected chi connectivity index (χ1v) is 5.45. The molecular weight excluding hydrogens is 246 g/mol. The van der Waals surface area contributed by atoms with Gasteiger partial charge in [0.05, 0.1) is 0 Å². The number of benzene rings is 2. The van der Waals surface area contributed by atoms with Gasteiger partial charge in [-0.2, -0.15) is 0 Å². The highest BCUT2D eigenvalue weighted by Gasteiger charge is 1.99. The highest BCUT2D eigenvalue weighted by Crippen LogP contribution is 2.08. The van der Waals surface area contributed by atoms with Gasteiger partial charge in [0.25, 0.3) is 0 Å². The van der Waals surface area contributed by atoms with E-state index in [-0.39, 0.29) is 18.2 Å². The summed E-state index contributed by atoms with van der Waals surface area (Å²) in [6, 6.07) is 17.0. The summed E-state index contributed by atoms with van der Waals surface area (Å²) in [7, 11) is 0. The predicted octanol–water partition coefficient (Wildman–Crippen LogP) is -0.540. The van der Waals surface area contributed by atoms with Crippen LogP contribution in [0.1, 0.15) is 15.9 Å². The van der Waals surface area contributed by atoms with Crippen molar-refractivity contribution in [1.29, 1.82) is 0 Å². The lowest BCUT2D eigenvalue weighted by Crippen LogP contribution is -3.00. The van der Waals surface area contributed by atoms with E-state index in [9.17, 15) is 4.79 Å². The second kappa shape index (κ2) is 6.74. The Kier molecular flexibility index (Phi) is 5.31.